The summed E-state index contributed by atoms with van der Waals surface area (Å²) in [6, 6.07) is 37.8. The molecule has 2 atom stereocenters. The van der Waals surface area contributed by atoms with Crippen LogP contribution < -0.4 is 4.90 Å². The molecule has 152 valence electrons. The Balaban J connectivity index is 1.61. The maximum Gasteiger partial charge on any atom is 0.123 e. The maximum absolute atomic E-state index is 13.5. The largest absolute Gasteiger partial charge is 0.326 e. The Kier molecular flexibility index (Phi) is 5.55. The predicted octanol–water partition coefficient (Wildman–Crippen LogP) is 7.22. The molecule has 31 heavy (non-hydrogen) atoms. The molecule has 1 aliphatic rings. The smallest absolute Gasteiger partial charge is 0.123 e. The van der Waals surface area contributed by atoms with Gasteiger partial charge in [0.2, 0.25) is 0 Å². The number of para-hydroxylation sites is 2. The molecule has 0 saturated carbocycles. The highest BCUT2D eigenvalue weighted by atomic mass is 32.2. The highest BCUT2D eigenvalue weighted by Crippen LogP contribution is 2.46. The molecule has 0 saturated heterocycles. The van der Waals surface area contributed by atoms with Crippen LogP contribution in [0.15, 0.2) is 120 Å². The van der Waals surface area contributed by atoms with Gasteiger partial charge in [-0.25, -0.2) is 4.39 Å². The number of rotatable bonds is 5. The van der Waals surface area contributed by atoms with Gasteiger partial charge in [0.25, 0.3) is 0 Å². The van der Waals surface area contributed by atoms with Gasteiger partial charge in [-0.05, 0) is 54.1 Å². The third-order valence-electron chi connectivity index (χ3n) is 5.31. The Morgan fingerprint density at radius 3 is 1.71 bits per heavy atom. The minimum Gasteiger partial charge on any atom is -0.326 e. The van der Waals surface area contributed by atoms with Crippen LogP contribution >= 0.6 is 11.8 Å². The number of anilines is 2. The molecular weight excluding hydrogens is 403 g/mol. The van der Waals surface area contributed by atoms with Crippen LogP contribution in [-0.2, 0) is 0 Å². The Hall–Kier alpha value is -3.37. The summed E-state index contributed by atoms with van der Waals surface area (Å²) in [6.45, 7) is 0. The predicted molar refractivity (Wildman–Crippen MR) is 129 cm³/mol. The molecule has 0 aliphatic carbocycles. The summed E-state index contributed by atoms with van der Waals surface area (Å²) in [5.41, 5.74) is 4.33. The first-order chi connectivity index (χ1) is 15.3. The highest BCUT2D eigenvalue weighted by Gasteiger charge is 2.37. The van der Waals surface area contributed by atoms with Crippen LogP contribution in [0.4, 0.5) is 15.8 Å². The van der Waals surface area contributed by atoms with Crippen LogP contribution in [0.3, 0.4) is 0 Å². The average Bonchev–Trinajstić information content (AvgIpc) is 3.27. The van der Waals surface area contributed by atoms with Gasteiger partial charge < -0.3 is 4.90 Å². The normalized spacial score (nSPS) is 17.9. The van der Waals surface area contributed by atoms with E-state index in [2.05, 4.69) is 77.7 Å². The van der Waals surface area contributed by atoms with E-state index in [0.29, 0.717) is 0 Å². The third kappa shape index (κ3) is 4.12. The van der Waals surface area contributed by atoms with Crippen molar-refractivity contribution in [2.45, 2.75) is 11.4 Å². The van der Waals surface area contributed by atoms with Crippen LogP contribution in [0, 0.1) is 5.82 Å². The van der Waals surface area contributed by atoms with Crippen LogP contribution in [0.25, 0.3) is 0 Å². The minimum atomic E-state index is -0.237. The zero-order valence-electron chi connectivity index (χ0n) is 16.8. The minimum absolute atomic E-state index is 0.0206. The molecule has 1 heterocycles. The number of aliphatic imine (C=N–C) groups is 1. The van der Waals surface area contributed by atoms with E-state index in [1.54, 1.807) is 23.9 Å². The van der Waals surface area contributed by atoms with Gasteiger partial charge in [-0.15, -0.1) is 0 Å². The lowest BCUT2D eigenvalue weighted by Crippen LogP contribution is -2.31. The fraction of sp³-hybridized carbons (Fsp3) is 0.0741. The lowest BCUT2D eigenvalue weighted by Gasteiger charge is -2.33. The summed E-state index contributed by atoms with van der Waals surface area (Å²) >= 11 is 1.72. The summed E-state index contributed by atoms with van der Waals surface area (Å²) in [7, 11) is 0. The van der Waals surface area contributed by atoms with Crippen molar-refractivity contribution in [1.82, 2.24) is 0 Å². The zero-order chi connectivity index (χ0) is 21.0. The Labute approximate surface area is 186 Å². The van der Waals surface area contributed by atoms with Gasteiger partial charge in [-0.3, -0.25) is 4.99 Å². The quantitative estimate of drug-likeness (QED) is 0.336. The fourth-order valence-electron chi connectivity index (χ4n) is 3.84. The van der Waals surface area contributed by atoms with Gasteiger partial charge in [0.05, 0.1) is 0 Å². The topological polar surface area (TPSA) is 15.6 Å². The van der Waals surface area contributed by atoms with E-state index >= 15 is 0 Å². The van der Waals surface area contributed by atoms with E-state index in [-0.39, 0.29) is 17.2 Å². The van der Waals surface area contributed by atoms with Crippen LogP contribution in [-0.4, -0.2) is 10.4 Å². The Morgan fingerprint density at radius 2 is 1.16 bits per heavy atom. The third-order valence-corrected chi connectivity index (χ3v) is 6.59. The molecule has 0 N–H and O–H groups in total. The highest BCUT2D eigenvalue weighted by molar-refractivity contribution is 8.15. The van der Waals surface area contributed by atoms with Crippen molar-refractivity contribution in [3.63, 3.8) is 0 Å². The molecule has 2 nitrogen and oxygen atoms in total. The molecule has 0 amide bonds. The summed E-state index contributed by atoms with van der Waals surface area (Å²) in [5, 5.41) is 0.947. The van der Waals surface area contributed by atoms with E-state index in [4.69, 9.17) is 4.99 Å². The number of halogens is 1. The second-order valence-corrected chi connectivity index (χ2v) is 8.45. The molecule has 4 aromatic rings. The van der Waals surface area contributed by atoms with Crippen molar-refractivity contribution in [1.29, 1.82) is 0 Å². The van der Waals surface area contributed by atoms with Crippen molar-refractivity contribution < 1.29 is 4.39 Å². The van der Waals surface area contributed by atoms with Crippen molar-refractivity contribution in [2.24, 2.45) is 4.99 Å². The number of thioether (sulfide) groups is 1. The summed E-state index contributed by atoms with van der Waals surface area (Å²) in [6.07, 6.45) is 0. The zero-order valence-corrected chi connectivity index (χ0v) is 17.6. The van der Waals surface area contributed by atoms with Gasteiger partial charge in [-0.1, -0.05) is 78.5 Å². The van der Waals surface area contributed by atoms with Gasteiger partial charge in [0, 0.05) is 16.9 Å². The molecule has 0 unspecified atom stereocenters. The van der Waals surface area contributed by atoms with Crippen molar-refractivity contribution in [3.05, 3.63) is 132 Å². The van der Waals surface area contributed by atoms with Crippen LogP contribution in [0.2, 0.25) is 0 Å². The first kappa shape index (κ1) is 19.6. The molecule has 0 aromatic heterocycles. The monoisotopic (exact) mass is 424 g/mol. The number of hydrogen-bond donors (Lipinski definition) is 0. The second-order valence-electron chi connectivity index (χ2n) is 7.35. The molecule has 5 rings (SSSR count). The summed E-state index contributed by atoms with van der Waals surface area (Å²) in [4.78, 5) is 7.48. The van der Waals surface area contributed by atoms with Crippen molar-refractivity contribution in [2.75, 3.05) is 4.90 Å². The van der Waals surface area contributed by atoms with E-state index < -0.39 is 0 Å². The average molecular weight is 425 g/mol. The van der Waals surface area contributed by atoms with E-state index in [1.165, 1.54) is 12.1 Å². The Bertz CT molecular complexity index is 1120. The van der Waals surface area contributed by atoms with E-state index in [9.17, 15) is 4.39 Å². The molecule has 0 spiro atoms. The maximum atomic E-state index is 13.5. The van der Waals surface area contributed by atoms with Crippen LogP contribution in [0.5, 0.6) is 0 Å². The molecule has 0 bridgehead atoms. The van der Waals surface area contributed by atoms with Crippen molar-refractivity contribution in [3.8, 4) is 0 Å². The first-order valence-corrected chi connectivity index (χ1v) is 11.1. The molecule has 4 aromatic carbocycles. The van der Waals surface area contributed by atoms with E-state index in [1.807, 2.05) is 18.2 Å². The number of nitrogens with zero attached hydrogens (tertiary/aromatic N) is 2. The lowest BCUT2D eigenvalue weighted by atomic mass is 10.1. The SMILES string of the molecule is Fc1ccc(C2=N[C@H](c3ccccc3)[C@@H](N(c3ccccc3)c3ccccc3)S2)cc1. The fourth-order valence-corrected chi connectivity index (χ4v) is 5.21. The first-order valence-electron chi connectivity index (χ1n) is 10.2. The molecule has 0 fully saturated rings. The molecule has 4 heteroatoms. The molecule has 0 radical (unpaired) electrons. The molecular formula is C27H21FN2S. The van der Waals surface area contributed by atoms with Gasteiger partial charge in [0.1, 0.15) is 22.3 Å². The lowest BCUT2D eigenvalue weighted by molar-refractivity contribution is 0.628. The van der Waals surface area contributed by atoms with Gasteiger partial charge >= 0.3 is 0 Å². The molecule has 1 aliphatic heterocycles. The Morgan fingerprint density at radius 1 is 0.645 bits per heavy atom. The number of benzene rings is 4. The number of hydrogen-bond acceptors (Lipinski definition) is 3. The van der Waals surface area contributed by atoms with Gasteiger partial charge in [0.15, 0.2) is 0 Å². The summed E-state index contributed by atoms with van der Waals surface area (Å²) < 4.78 is 13.5. The summed E-state index contributed by atoms with van der Waals surface area (Å²) in [5.74, 6) is -0.237. The van der Waals surface area contributed by atoms with Gasteiger partial charge in [-0.2, -0.15) is 0 Å². The van der Waals surface area contributed by atoms with Crippen molar-refractivity contribution >= 4 is 28.2 Å². The van der Waals surface area contributed by atoms with Crippen LogP contribution in [0.1, 0.15) is 17.2 Å². The second kappa shape index (κ2) is 8.78. The standard InChI is InChI=1S/C27H21FN2S/c28-22-18-16-21(17-19-22)26-29-25(20-10-4-1-5-11-20)27(31-26)30(23-12-6-2-7-13-23)24-14-8-3-9-15-24/h1-19,25,27H/t25-,27+/m1/s1. The van der Waals surface area contributed by atoms with E-state index in [0.717, 1.165) is 27.5 Å².